The number of aryl methyl sites for hydroxylation is 1. The van der Waals surface area contributed by atoms with Crippen LogP contribution in [0, 0.1) is 12.8 Å². The molecule has 0 spiro atoms. The van der Waals surface area contributed by atoms with E-state index in [2.05, 4.69) is 15.5 Å². The third-order valence-corrected chi connectivity index (χ3v) is 5.95. The van der Waals surface area contributed by atoms with Crippen molar-refractivity contribution in [3.05, 3.63) is 90.0 Å². The molecule has 7 heteroatoms. The van der Waals surface area contributed by atoms with Crippen LogP contribution in [0.2, 0.25) is 0 Å². The van der Waals surface area contributed by atoms with Crippen molar-refractivity contribution in [2.45, 2.75) is 19.9 Å². The predicted octanol–water partition coefficient (Wildman–Crippen LogP) is 4.70. The Kier molecular flexibility index (Phi) is 5.91. The number of anilines is 1. The molecule has 1 atom stereocenters. The van der Waals surface area contributed by atoms with Crippen LogP contribution in [0.1, 0.15) is 17.5 Å². The second kappa shape index (κ2) is 9.31. The minimum atomic E-state index is -0.423. The van der Waals surface area contributed by atoms with Gasteiger partial charge in [-0.3, -0.25) is 9.59 Å². The highest BCUT2D eigenvalue weighted by Crippen LogP contribution is 2.30. The molecular weight excluding hydrogens is 428 g/mol. The zero-order valence-corrected chi connectivity index (χ0v) is 18.8. The van der Waals surface area contributed by atoms with Crippen LogP contribution in [0.15, 0.2) is 83.4 Å². The zero-order valence-electron chi connectivity index (χ0n) is 18.8. The summed E-state index contributed by atoms with van der Waals surface area (Å²) < 4.78 is 5.49. The van der Waals surface area contributed by atoms with Gasteiger partial charge in [-0.1, -0.05) is 77.5 Å². The number of benzene rings is 3. The van der Waals surface area contributed by atoms with Gasteiger partial charge in [0.15, 0.2) is 0 Å². The molecule has 3 aromatic carbocycles. The molecular formula is C27H24N4O3. The van der Waals surface area contributed by atoms with E-state index < -0.39 is 5.92 Å². The molecule has 1 saturated heterocycles. The van der Waals surface area contributed by atoms with Crippen LogP contribution in [0.3, 0.4) is 0 Å². The maximum Gasteiger partial charge on any atom is 0.260 e. The molecule has 1 aliphatic rings. The van der Waals surface area contributed by atoms with Crippen LogP contribution in [-0.2, 0) is 16.1 Å². The third kappa shape index (κ3) is 4.59. The molecule has 1 aromatic heterocycles. The lowest BCUT2D eigenvalue weighted by molar-refractivity contribution is -0.128. The number of rotatable bonds is 6. The summed E-state index contributed by atoms with van der Waals surface area (Å²) in [5.41, 5.74) is 4.27. The van der Waals surface area contributed by atoms with Crippen LogP contribution in [0.5, 0.6) is 0 Å². The quantitative estimate of drug-likeness (QED) is 0.458. The minimum Gasteiger partial charge on any atom is -0.338 e. The number of hydrogen-bond acceptors (Lipinski definition) is 5. The van der Waals surface area contributed by atoms with Crippen LogP contribution >= 0.6 is 0 Å². The summed E-state index contributed by atoms with van der Waals surface area (Å²) in [5, 5.41) is 7.04. The summed E-state index contributed by atoms with van der Waals surface area (Å²) in [6, 6.07) is 24.9. The lowest BCUT2D eigenvalue weighted by Crippen LogP contribution is -2.28. The SMILES string of the molecule is Cc1ccc(CN2C[C@@H](C(=O)Nc3ccccc3-c3nc(-c4ccccc4)no3)CC2=O)cc1. The van der Waals surface area contributed by atoms with Crippen molar-refractivity contribution < 1.29 is 14.1 Å². The van der Waals surface area contributed by atoms with Gasteiger partial charge in [-0.2, -0.15) is 4.98 Å². The van der Waals surface area contributed by atoms with E-state index >= 15 is 0 Å². The average Bonchev–Trinajstić information content (AvgIpc) is 3.49. The average molecular weight is 453 g/mol. The molecule has 5 rings (SSSR count). The van der Waals surface area contributed by atoms with Crippen LogP contribution in [-0.4, -0.2) is 33.4 Å². The van der Waals surface area contributed by atoms with E-state index in [-0.39, 0.29) is 18.2 Å². The standard InChI is InChI=1S/C27H24N4O3/c1-18-11-13-19(14-12-18)16-31-17-21(15-24(31)32)26(33)28-23-10-6-5-9-22(23)27-29-25(30-34-27)20-7-3-2-4-8-20/h2-14,21H,15-17H2,1H3,(H,28,33)/t21-/m0/s1. The van der Waals surface area contributed by atoms with Crippen molar-refractivity contribution in [2.24, 2.45) is 5.92 Å². The van der Waals surface area contributed by atoms with E-state index in [9.17, 15) is 9.59 Å². The highest BCUT2D eigenvalue weighted by Gasteiger charge is 2.34. The maximum absolute atomic E-state index is 13.1. The van der Waals surface area contributed by atoms with Crippen molar-refractivity contribution in [3.63, 3.8) is 0 Å². The van der Waals surface area contributed by atoms with Crippen molar-refractivity contribution in [3.8, 4) is 22.8 Å². The minimum absolute atomic E-state index is 0.0154. The van der Waals surface area contributed by atoms with Crippen molar-refractivity contribution in [1.29, 1.82) is 0 Å². The fourth-order valence-corrected chi connectivity index (χ4v) is 4.07. The summed E-state index contributed by atoms with van der Waals surface area (Å²) in [6.07, 6.45) is 0.193. The van der Waals surface area contributed by atoms with E-state index in [4.69, 9.17) is 4.52 Å². The fraction of sp³-hybridized carbons (Fsp3) is 0.185. The van der Waals surface area contributed by atoms with Gasteiger partial charge >= 0.3 is 0 Å². The Hall–Kier alpha value is -4.26. The highest BCUT2D eigenvalue weighted by molar-refractivity contribution is 5.99. The largest absolute Gasteiger partial charge is 0.338 e. The van der Waals surface area contributed by atoms with Gasteiger partial charge in [-0.15, -0.1) is 0 Å². The van der Waals surface area contributed by atoms with Crippen molar-refractivity contribution in [1.82, 2.24) is 15.0 Å². The Labute approximate surface area is 197 Å². The number of nitrogens with zero attached hydrogens (tertiary/aromatic N) is 3. The molecule has 4 aromatic rings. The number of para-hydroxylation sites is 1. The number of carbonyl (C=O) groups excluding carboxylic acids is 2. The molecule has 0 unspecified atom stereocenters. The van der Waals surface area contributed by atoms with E-state index in [0.717, 1.165) is 11.1 Å². The smallest absolute Gasteiger partial charge is 0.260 e. The van der Waals surface area contributed by atoms with Gasteiger partial charge in [0.05, 0.1) is 17.2 Å². The topological polar surface area (TPSA) is 88.3 Å². The van der Waals surface area contributed by atoms with Gasteiger partial charge in [0, 0.05) is 25.1 Å². The normalized spacial score (nSPS) is 15.5. The Morgan fingerprint density at radius 2 is 1.76 bits per heavy atom. The number of nitrogens with one attached hydrogen (secondary N) is 1. The molecule has 170 valence electrons. The summed E-state index contributed by atoms with van der Waals surface area (Å²) >= 11 is 0. The second-order valence-corrected chi connectivity index (χ2v) is 8.48. The number of carbonyl (C=O) groups is 2. The monoisotopic (exact) mass is 452 g/mol. The lowest BCUT2D eigenvalue weighted by Gasteiger charge is -2.17. The first-order chi connectivity index (χ1) is 16.6. The number of likely N-dealkylation sites (tertiary alicyclic amines) is 1. The molecule has 1 fully saturated rings. The van der Waals surface area contributed by atoms with Crippen molar-refractivity contribution in [2.75, 3.05) is 11.9 Å². The van der Waals surface area contributed by atoms with E-state index in [1.807, 2.05) is 79.7 Å². The Morgan fingerprint density at radius 1 is 1.03 bits per heavy atom. The van der Waals surface area contributed by atoms with E-state index in [0.29, 0.717) is 36.1 Å². The summed E-state index contributed by atoms with van der Waals surface area (Å²) in [5.74, 6) is 0.158. The van der Waals surface area contributed by atoms with Crippen molar-refractivity contribution >= 4 is 17.5 Å². The molecule has 0 bridgehead atoms. The molecule has 7 nitrogen and oxygen atoms in total. The number of amides is 2. The number of hydrogen-bond donors (Lipinski definition) is 1. The Bertz CT molecular complexity index is 1320. The molecule has 34 heavy (non-hydrogen) atoms. The van der Waals surface area contributed by atoms with Crippen LogP contribution < -0.4 is 5.32 Å². The van der Waals surface area contributed by atoms with E-state index in [1.54, 1.807) is 11.0 Å². The summed E-state index contributed by atoms with van der Waals surface area (Å²) in [7, 11) is 0. The Balaban J connectivity index is 1.29. The Morgan fingerprint density at radius 3 is 2.56 bits per heavy atom. The fourth-order valence-electron chi connectivity index (χ4n) is 4.07. The summed E-state index contributed by atoms with van der Waals surface area (Å²) in [4.78, 5) is 31.9. The third-order valence-electron chi connectivity index (χ3n) is 5.95. The van der Waals surface area contributed by atoms with Gasteiger partial charge in [-0.05, 0) is 24.6 Å². The van der Waals surface area contributed by atoms with Gasteiger partial charge in [0.2, 0.25) is 17.6 Å². The van der Waals surface area contributed by atoms with Gasteiger partial charge in [0.1, 0.15) is 0 Å². The molecule has 0 radical (unpaired) electrons. The second-order valence-electron chi connectivity index (χ2n) is 8.48. The molecule has 0 saturated carbocycles. The first kappa shape index (κ1) is 21.6. The predicted molar refractivity (Wildman–Crippen MR) is 129 cm³/mol. The van der Waals surface area contributed by atoms with Crippen LogP contribution in [0.25, 0.3) is 22.8 Å². The molecule has 0 aliphatic carbocycles. The van der Waals surface area contributed by atoms with Gasteiger partial charge in [-0.25, -0.2) is 0 Å². The maximum atomic E-state index is 13.1. The lowest BCUT2D eigenvalue weighted by atomic mass is 10.1. The first-order valence-corrected chi connectivity index (χ1v) is 11.2. The number of aromatic nitrogens is 2. The van der Waals surface area contributed by atoms with Gasteiger partial charge < -0.3 is 14.7 Å². The van der Waals surface area contributed by atoms with Crippen LogP contribution in [0.4, 0.5) is 5.69 Å². The summed E-state index contributed by atoms with van der Waals surface area (Å²) in [6.45, 7) is 2.92. The first-order valence-electron chi connectivity index (χ1n) is 11.2. The molecule has 2 amide bonds. The zero-order chi connectivity index (χ0) is 23.5. The van der Waals surface area contributed by atoms with Gasteiger partial charge in [0.25, 0.3) is 5.89 Å². The van der Waals surface area contributed by atoms with E-state index in [1.165, 1.54) is 5.56 Å². The molecule has 1 aliphatic heterocycles. The molecule has 1 N–H and O–H groups in total. The highest BCUT2D eigenvalue weighted by atomic mass is 16.5. The molecule has 2 heterocycles.